The Labute approximate surface area is 99.3 Å². The summed E-state index contributed by atoms with van der Waals surface area (Å²) in [5, 5.41) is 0. The van der Waals surface area contributed by atoms with Crippen molar-refractivity contribution < 1.29 is 13.2 Å². The van der Waals surface area contributed by atoms with E-state index in [2.05, 4.69) is 9.71 Å². The molecule has 1 rings (SSSR count). The molecule has 0 aliphatic carbocycles. The van der Waals surface area contributed by atoms with Crippen LogP contribution >= 0.6 is 0 Å². The van der Waals surface area contributed by atoms with Gasteiger partial charge >= 0.3 is 0 Å². The maximum Gasteiger partial charge on any atom is 0.244 e. The van der Waals surface area contributed by atoms with Crippen molar-refractivity contribution in [3.05, 3.63) is 18.3 Å². The zero-order valence-corrected chi connectivity index (χ0v) is 9.90. The molecule has 0 unspecified atom stereocenters. The molecular formula is C9H14N4O3S. The fraction of sp³-hybridized carbons (Fsp3) is 0.333. The monoisotopic (exact) mass is 258 g/mol. The first-order chi connectivity index (χ1) is 7.93. The molecule has 0 saturated heterocycles. The third-order valence-electron chi connectivity index (χ3n) is 1.98. The van der Waals surface area contributed by atoms with Crippen molar-refractivity contribution in [2.45, 2.75) is 17.7 Å². The number of pyridine rings is 1. The fourth-order valence-corrected chi connectivity index (χ4v) is 2.33. The highest BCUT2D eigenvalue weighted by Gasteiger charge is 2.16. The summed E-state index contributed by atoms with van der Waals surface area (Å²) in [5.41, 5.74) is 10.4. The topological polar surface area (TPSA) is 128 Å². The molecule has 0 spiro atoms. The van der Waals surface area contributed by atoms with Gasteiger partial charge in [-0.1, -0.05) is 0 Å². The van der Waals surface area contributed by atoms with Crippen LogP contribution in [-0.4, -0.2) is 25.9 Å². The molecule has 5 N–H and O–H groups in total. The molecule has 8 heteroatoms. The van der Waals surface area contributed by atoms with E-state index >= 15 is 0 Å². The largest absolute Gasteiger partial charge is 0.383 e. The zero-order chi connectivity index (χ0) is 12.9. The maximum absolute atomic E-state index is 11.8. The molecule has 1 aromatic heterocycles. The summed E-state index contributed by atoms with van der Waals surface area (Å²) in [6, 6.07) is 2.84. The number of primary amides is 1. The van der Waals surface area contributed by atoms with Gasteiger partial charge in [-0.3, -0.25) is 4.79 Å². The number of rotatable bonds is 6. The summed E-state index contributed by atoms with van der Waals surface area (Å²) in [6.07, 6.45) is 1.88. The van der Waals surface area contributed by atoms with Crippen molar-refractivity contribution in [2.75, 3.05) is 12.3 Å². The van der Waals surface area contributed by atoms with Gasteiger partial charge in [-0.25, -0.2) is 18.1 Å². The van der Waals surface area contributed by atoms with Crippen molar-refractivity contribution in [1.82, 2.24) is 9.71 Å². The SMILES string of the molecule is NC(=O)CCCNS(=O)(=O)c1cccnc1N. The molecule has 0 radical (unpaired) electrons. The average Bonchev–Trinajstić information content (AvgIpc) is 2.24. The smallest absolute Gasteiger partial charge is 0.244 e. The third kappa shape index (κ3) is 4.00. The molecule has 7 nitrogen and oxygen atoms in total. The summed E-state index contributed by atoms with van der Waals surface area (Å²) >= 11 is 0. The first kappa shape index (κ1) is 13.4. The summed E-state index contributed by atoms with van der Waals surface area (Å²) in [4.78, 5) is 14.1. The predicted molar refractivity (Wildman–Crippen MR) is 62.3 cm³/mol. The Kier molecular flexibility index (Phi) is 4.41. The Balaban J connectivity index is 2.64. The van der Waals surface area contributed by atoms with E-state index in [0.717, 1.165) is 0 Å². The van der Waals surface area contributed by atoms with E-state index in [0.29, 0.717) is 6.42 Å². The number of nitrogens with one attached hydrogen (secondary N) is 1. The van der Waals surface area contributed by atoms with Crippen molar-refractivity contribution in [3.8, 4) is 0 Å². The van der Waals surface area contributed by atoms with Crippen LogP contribution in [0, 0.1) is 0 Å². The van der Waals surface area contributed by atoms with Gasteiger partial charge in [-0.15, -0.1) is 0 Å². The van der Waals surface area contributed by atoms with Gasteiger partial charge in [0.2, 0.25) is 15.9 Å². The molecule has 94 valence electrons. The van der Waals surface area contributed by atoms with E-state index in [9.17, 15) is 13.2 Å². The minimum atomic E-state index is -3.68. The van der Waals surface area contributed by atoms with Crippen LogP contribution in [0.25, 0.3) is 0 Å². The fourth-order valence-electron chi connectivity index (χ4n) is 1.18. The number of anilines is 1. The number of carbonyl (C=O) groups is 1. The molecule has 1 aromatic rings. The van der Waals surface area contributed by atoms with Crippen molar-refractivity contribution in [3.63, 3.8) is 0 Å². The van der Waals surface area contributed by atoms with E-state index in [-0.39, 0.29) is 23.7 Å². The molecule has 0 fully saturated rings. The Hall–Kier alpha value is -1.67. The third-order valence-corrected chi connectivity index (χ3v) is 3.49. The lowest BCUT2D eigenvalue weighted by molar-refractivity contribution is -0.118. The minimum Gasteiger partial charge on any atom is -0.383 e. The first-order valence-electron chi connectivity index (χ1n) is 4.92. The quantitative estimate of drug-likeness (QED) is 0.576. The summed E-state index contributed by atoms with van der Waals surface area (Å²) in [5.74, 6) is -0.528. The average molecular weight is 258 g/mol. The van der Waals surface area contributed by atoms with Gasteiger partial charge in [0.1, 0.15) is 10.7 Å². The van der Waals surface area contributed by atoms with Crippen LogP contribution in [0.3, 0.4) is 0 Å². The molecule has 17 heavy (non-hydrogen) atoms. The maximum atomic E-state index is 11.8. The highest BCUT2D eigenvalue weighted by molar-refractivity contribution is 7.89. The van der Waals surface area contributed by atoms with Crippen molar-refractivity contribution in [2.24, 2.45) is 5.73 Å². The lowest BCUT2D eigenvalue weighted by Gasteiger charge is -2.07. The Bertz CT molecular complexity index is 501. The van der Waals surface area contributed by atoms with Crippen LogP contribution in [0.1, 0.15) is 12.8 Å². The number of hydrogen-bond acceptors (Lipinski definition) is 5. The second kappa shape index (κ2) is 5.60. The number of nitrogens with zero attached hydrogens (tertiary/aromatic N) is 1. The molecule has 1 heterocycles. The second-order valence-electron chi connectivity index (χ2n) is 3.35. The van der Waals surface area contributed by atoms with E-state index < -0.39 is 15.9 Å². The molecule has 0 aliphatic rings. The molecule has 0 bridgehead atoms. The van der Waals surface area contributed by atoms with Gasteiger partial charge < -0.3 is 11.5 Å². The first-order valence-corrected chi connectivity index (χ1v) is 6.40. The normalized spacial score (nSPS) is 11.3. The zero-order valence-electron chi connectivity index (χ0n) is 9.09. The second-order valence-corrected chi connectivity index (χ2v) is 5.09. The number of aromatic nitrogens is 1. The Morgan fingerprint density at radius 1 is 1.47 bits per heavy atom. The Morgan fingerprint density at radius 2 is 2.18 bits per heavy atom. The number of hydrogen-bond donors (Lipinski definition) is 3. The van der Waals surface area contributed by atoms with E-state index in [1.165, 1.54) is 18.3 Å². The van der Waals surface area contributed by atoms with Gasteiger partial charge in [0, 0.05) is 19.2 Å². The summed E-state index contributed by atoms with van der Waals surface area (Å²) in [6.45, 7) is 0.125. The van der Waals surface area contributed by atoms with Crippen LogP contribution in [0.15, 0.2) is 23.2 Å². The van der Waals surface area contributed by atoms with Crippen LogP contribution in [0.2, 0.25) is 0 Å². The van der Waals surface area contributed by atoms with Gasteiger partial charge in [0.15, 0.2) is 0 Å². The molecule has 0 aliphatic heterocycles. The number of sulfonamides is 1. The van der Waals surface area contributed by atoms with E-state index in [1.54, 1.807) is 0 Å². The number of amides is 1. The molecule has 0 aromatic carbocycles. The lowest BCUT2D eigenvalue weighted by atomic mass is 10.3. The molecule has 0 saturated carbocycles. The van der Waals surface area contributed by atoms with Crippen molar-refractivity contribution >= 4 is 21.7 Å². The predicted octanol–water partition coefficient (Wildman–Crippen LogP) is -0.792. The lowest BCUT2D eigenvalue weighted by Crippen LogP contribution is -2.26. The number of nitrogen functional groups attached to an aromatic ring is 1. The Morgan fingerprint density at radius 3 is 2.76 bits per heavy atom. The minimum absolute atomic E-state index is 0.0603. The van der Waals surface area contributed by atoms with E-state index in [4.69, 9.17) is 11.5 Å². The van der Waals surface area contributed by atoms with Gasteiger partial charge in [-0.05, 0) is 18.6 Å². The van der Waals surface area contributed by atoms with Crippen LogP contribution in [-0.2, 0) is 14.8 Å². The number of carbonyl (C=O) groups excluding carboxylic acids is 1. The molecule has 1 amide bonds. The van der Waals surface area contributed by atoms with Crippen LogP contribution < -0.4 is 16.2 Å². The summed E-state index contributed by atoms with van der Waals surface area (Å²) < 4.78 is 25.8. The molecular weight excluding hydrogens is 244 g/mol. The van der Waals surface area contributed by atoms with E-state index in [1.807, 2.05) is 0 Å². The van der Waals surface area contributed by atoms with Crippen molar-refractivity contribution in [1.29, 1.82) is 0 Å². The summed E-state index contributed by atoms with van der Waals surface area (Å²) in [7, 11) is -3.68. The highest BCUT2D eigenvalue weighted by Crippen LogP contribution is 2.13. The standard InChI is InChI=1S/C9H14N4O3S/c10-8(14)4-2-6-13-17(15,16)7-3-1-5-12-9(7)11/h1,3,5,13H,2,4,6H2,(H2,10,14)(H2,11,12). The molecule has 0 atom stereocenters. The highest BCUT2D eigenvalue weighted by atomic mass is 32.2. The van der Waals surface area contributed by atoms with Crippen LogP contribution in [0.5, 0.6) is 0 Å². The van der Waals surface area contributed by atoms with Gasteiger partial charge in [-0.2, -0.15) is 0 Å². The van der Waals surface area contributed by atoms with Crippen LogP contribution in [0.4, 0.5) is 5.82 Å². The van der Waals surface area contributed by atoms with Gasteiger partial charge in [0.05, 0.1) is 0 Å². The van der Waals surface area contributed by atoms with Gasteiger partial charge in [0.25, 0.3) is 0 Å². The number of nitrogens with two attached hydrogens (primary N) is 2.